The van der Waals surface area contributed by atoms with Gasteiger partial charge in [0, 0.05) is 11.2 Å². The smallest absolute Gasteiger partial charge is 0.241 e. The summed E-state index contributed by atoms with van der Waals surface area (Å²) in [5, 5.41) is 0. The van der Waals surface area contributed by atoms with Crippen LogP contribution in [0.1, 0.15) is 39.0 Å². The lowest BCUT2D eigenvalue weighted by molar-refractivity contribution is 0.294. The number of hydrogen-bond donors (Lipinski definition) is 3. The van der Waals surface area contributed by atoms with Crippen LogP contribution >= 0.6 is 0 Å². The summed E-state index contributed by atoms with van der Waals surface area (Å²) in [4.78, 5) is 0.276. The lowest BCUT2D eigenvalue weighted by Gasteiger charge is -2.34. The highest BCUT2D eigenvalue weighted by atomic mass is 32.2. The second kappa shape index (κ2) is 5.48. The lowest BCUT2D eigenvalue weighted by Crippen LogP contribution is -2.47. The number of hydrogen-bond acceptors (Lipinski definition) is 4. The molecule has 0 bridgehead atoms. The third-order valence-electron chi connectivity index (χ3n) is 3.67. The number of anilines is 1. The molecule has 0 amide bonds. The van der Waals surface area contributed by atoms with Crippen molar-refractivity contribution in [1.29, 1.82) is 0 Å². The van der Waals surface area contributed by atoms with Gasteiger partial charge in [0.2, 0.25) is 10.0 Å². The lowest BCUT2D eigenvalue weighted by atomic mass is 9.84. The Morgan fingerprint density at radius 1 is 1.11 bits per heavy atom. The molecule has 0 spiro atoms. The van der Waals surface area contributed by atoms with Crippen molar-refractivity contribution >= 4 is 15.7 Å². The van der Waals surface area contributed by atoms with Gasteiger partial charge in [0.15, 0.2) is 0 Å². The minimum atomic E-state index is -3.46. The van der Waals surface area contributed by atoms with Gasteiger partial charge in [0.1, 0.15) is 0 Å². The van der Waals surface area contributed by atoms with Crippen molar-refractivity contribution in [2.75, 3.05) is 5.43 Å². The van der Waals surface area contributed by atoms with Gasteiger partial charge in [-0.1, -0.05) is 19.3 Å². The summed E-state index contributed by atoms with van der Waals surface area (Å²) < 4.78 is 27.5. The van der Waals surface area contributed by atoms with Crippen molar-refractivity contribution in [2.45, 2.75) is 49.5 Å². The molecule has 0 unspecified atom stereocenters. The first-order valence-corrected chi connectivity index (χ1v) is 8.04. The summed E-state index contributed by atoms with van der Waals surface area (Å²) in [5.74, 6) is 5.26. The number of rotatable bonds is 4. The number of hydrazine groups is 1. The van der Waals surface area contributed by atoms with Gasteiger partial charge in [-0.15, -0.1) is 0 Å². The van der Waals surface area contributed by atoms with E-state index in [4.69, 9.17) is 5.84 Å². The van der Waals surface area contributed by atoms with E-state index in [2.05, 4.69) is 10.1 Å². The van der Waals surface area contributed by atoms with E-state index < -0.39 is 10.0 Å². The molecule has 5 nitrogen and oxygen atoms in total. The van der Waals surface area contributed by atoms with Crippen molar-refractivity contribution < 1.29 is 8.42 Å². The third-order valence-corrected chi connectivity index (χ3v) is 5.32. The Morgan fingerprint density at radius 3 is 2.21 bits per heavy atom. The van der Waals surface area contributed by atoms with Crippen molar-refractivity contribution in [2.24, 2.45) is 5.84 Å². The Hall–Kier alpha value is -1.11. The van der Waals surface area contributed by atoms with Crippen molar-refractivity contribution in [3.8, 4) is 0 Å². The van der Waals surface area contributed by atoms with E-state index in [-0.39, 0.29) is 10.4 Å². The highest BCUT2D eigenvalue weighted by Crippen LogP contribution is 2.29. The van der Waals surface area contributed by atoms with Crippen LogP contribution in [0, 0.1) is 0 Å². The fourth-order valence-electron chi connectivity index (χ4n) is 2.55. The highest BCUT2D eigenvalue weighted by molar-refractivity contribution is 7.89. The molecule has 1 fully saturated rings. The first-order chi connectivity index (χ1) is 8.95. The molecule has 1 saturated carbocycles. The number of nitrogen functional groups attached to an aromatic ring is 1. The molecule has 0 saturated heterocycles. The van der Waals surface area contributed by atoms with Gasteiger partial charge in [0.25, 0.3) is 0 Å². The number of sulfonamides is 1. The second-order valence-electron chi connectivity index (χ2n) is 5.40. The van der Waals surface area contributed by atoms with Gasteiger partial charge >= 0.3 is 0 Å². The standard InChI is InChI=1S/C13H21N3O2S/c1-13(9-3-2-4-10-13)16-19(17,18)12-7-5-11(15-14)6-8-12/h5-8,15-16H,2-4,9-10,14H2,1H3. The average Bonchev–Trinajstić information content (AvgIpc) is 2.38. The fourth-order valence-corrected chi connectivity index (χ4v) is 4.01. The topological polar surface area (TPSA) is 84.2 Å². The Morgan fingerprint density at radius 2 is 1.68 bits per heavy atom. The molecule has 0 atom stereocenters. The third kappa shape index (κ3) is 3.46. The fraction of sp³-hybridized carbons (Fsp3) is 0.538. The van der Waals surface area contributed by atoms with Crippen molar-refractivity contribution in [3.63, 3.8) is 0 Å². The molecule has 1 aromatic carbocycles. The largest absolute Gasteiger partial charge is 0.324 e. The zero-order valence-corrected chi connectivity index (χ0v) is 12.0. The monoisotopic (exact) mass is 283 g/mol. The van der Waals surface area contributed by atoms with Gasteiger partial charge in [-0.05, 0) is 44.0 Å². The van der Waals surface area contributed by atoms with Crippen LogP contribution in [0.2, 0.25) is 0 Å². The van der Waals surface area contributed by atoms with Crippen LogP contribution in [-0.4, -0.2) is 14.0 Å². The molecule has 4 N–H and O–H groups in total. The van der Waals surface area contributed by atoms with Crippen LogP contribution < -0.4 is 16.0 Å². The predicted octanol–water partition coefficient (Wildman–Crippen LogP) is 1.97. The van der Waals surface area contributed by atoms with E-state index in [1.165, 1.54) is 6.42 Å². The number of benzene rings is 1. The Labute approximate surface area is 114 Å². The van der Waals surface area contributed by atoms with Crippen molar-refractivity contribution in [3.05, 3.63) is 24.3 Å². The molecule has 106 valence electrons. The Balaban J connectivity index is 2.17. The predicted molar refractivity (Wildman–Crippen MR) is 76.1 cm³/mol. The van der Waals surface area contributed by atoms with Crippen LogP contribution in [0.3, 0.4) is 0 Å². The molecule has 0 heterocycles. The molecule has 1 aliphatic rings. The van der Waals surface area contributed by atoms with Crippen molar-refractivity contribution in [1.82, 2.24) is 4.72 Å². The van der Waals surface area contributed by atoms with E-state index in [1.54, 1.807) is 24.3 Å². The molecule has 19 heavy (non-hydrogen) atoms. The molecule has 6 heteroatoms. The zero-order valence-electron chi connectivity index (χ0n) is 11.1. The second-order valence-corrected chi connectivity index (χ2v) is 7.08. The highest BCUT2D eigenvalue weighted by Gasteiger charge is 2.31. The van der Waals surface area contributed by atoms with E-state index in [9.17, 15) is 8.42 Å². The van der Waals surface area contributed by atoms with Crippen LogP contribution in [0.4, 0.5) is 5.69 Å². The zero-order chi connectivity index (χ0) is 13.9. The SMILES string of the molecule is CC1(NS(=O)(=O)c2ccc(NN)cc2)CCCCC1. The molecule has 0 aliphatic heterocycles. The molecule has 1 aromatic rings. The minimum Gasteiger partial charge on any atom is -0.324 e. The maximum Gasteiger partial charge on any atom is 0.241 e. The van der Waals surface area contributed by atoms with Crippen LogP contribution in [-0.2, 0) is 10.0 Å². The maximum absolute atomic E-state index is 12.3. The molecular formula is C13H21N3O2S. The Kier molecular flexibility index (Phi) is 4.13. The molecular weight excluding hydrogens is 262 g/mol. The van der Waals surface area contributed by atoms with E-state index in [0.29, 0.717) is 5.69 Å². The van der Waals surface area contributed by atoms with Gasteiger partial charge in [-0.3, -0.25) is 5.84 Å². The number of nitrogens with one attached hydrogen (secondary N) is 2. The van der Waals surface area contributed by atoms with E-state index in [1.807, 2.05) is 6.92 Å². The summed E-state index contributed by atoms with van der Waals surface area (Å²) in [7, 11) is -3.46. The maximum atomic E-state index is 12.3. The quantitative estimate of drug-likeness (QED) is 0.582. The van der Waals surface area contributed by atoms with Crippen LogP contribution in [0.15, 0.2) is 29.2 Å². The van der Waals surface area contributed by atoms with E-state index >= 15 is 0 Å². The Bertz CT molecular complexity index is 519. The first-order valence-electron chi connectivity index (χ1n) is 6.56. The van der Waals surface area contributed by atoms with Crippen LogP contribution in [0.25, 0.3) is 0 Å². The molecule has 1 aliphatic carbocycles. The summed E-state index contributed by atoms with van der Waals surface area (Å²) in [6.07, 6.45) is 5.14. The molecule has 2 rings (SSSR count). The van der Waals surface area contributed by atoms with Gasteiger partial charge in [-0.25, -0.2) is 13.1 Å². The molecule has 0 aromatic heterocycles. The van der Waals surface area contributed by atoms with Gasteiger partial charge in [0.05, 0.1) is 4.90 Å². The summed E-state index contributed by atoms with van der Waals surface area (Å²) in [6.45, 7) is 1.99. The summed E-state index contributed by atoms with van der Waals surface area (Å²) in [5.41, 5.74) is 2.84. The summed E-state index contributed by atoms with van der Waals surface area (Å²) >= 11 is 0. The first kappa shape index (κ1) is 14.3. The average molecular weight is 283 g/mol. The normalized spacial score (nSPS) is 19.1. The van der Waals surface area contributed by atoms with E-state index in [0.717, 1.165) is 25.7 Å². The summed E-state index contributed by atoms with van der Waals surface area (Å²) in [6, 6.07) is 6.42. The van der Waals surface area contributed by atoms with Gasteiger partial charge < -0.3 is 5.43 Å². The van der Waals surface area contributed by atoms with Gasteiger partial charge in [-0.2, -0.15) is 0 Å². The minimum absolute atomic E-state index is 0.276. The number of nitrogens with two attached hydrogens (primary N) is 1. The van der Waals surface area contributed by atoms with Crippen LogP contribution in [0.5, 0.6) is 0 Å². The molecule has 0 radical (unpaired) electrons.